The van der Waals surface area contributed by atoms with Gasteiger partial charge < -0.3 is 0 Å². The monoisotopic (exact) mass is 368 g/mol. The van der Waals surface area contributed by atoms with Crippen molar-refractivity contribution in [3.63, 3.8) is 0 Å². The summed E-state index contributed by atoms with van der Waals surface area (Å²) in [7, 11) is 0. The highest BCUT2D eigenvalue weighted by Crippen LogP contribution is 2.37. The molecule has 0 saturated heterocycles. The van der Waals surface area contributed by atoms with E-state index in [-0.39, 0.29) is 17.7 Å². The van der Waals surface area contributed by atoms with Crippen LogP contribution in [0.1, 0.15) is 23.6 Å². The summed E-state index contributed by atoms with van der Waals surface area (Å²) in [5, 5.41) is 7.14. The second-order valence-electron chi connectivity index (χ2n) is 6.12. The maximum Gasteiger partial charge on any atom is 0.132 e. The Morgan fingerprint density at radius 3 is 2.27 bits per heavy atom. The largest absolute Gasteiger partial charge is 0.257 e. The average Bonchev–Trinajstić information content (AvgIpc) is 3.08. The first-order valence-electron chi connectivity index (χ1n) is 8.24. The summed E-state index contributed by atoms with van der Waals surface area (Å²) < 4.78 is 27.6. The first kappa shape index (κ1) is 16.7. The molecule has 26 heavy (non-hydrogen) atoms. The van der Waals surface area contributed by atoms with E-state index in [2.05, 4.69) is 5.10 Å². The highest BCUT2D eigenvalue weighted by molar-refractivity contribution is 6.30. The molecule has 1 heterocycles. The fourth-order valence-electron chi connectivity index (χ4n) is 3.14. The molecule has 0 aromatic heterocycles. The Balaban J connectivity index is 1.77. The Morgan fingerprint density at radius 1 is 0.885 bits per heavy atom. The van der Waals surface area contributed by atoms with Crippen molar-refractivity contribution in [1.82, 2.24) is 0 Å². The molecule has 1 unspecified atom stereocenters. The van der Waals surface area contributed by atoms with E-state index < -0.39 is 0 Å². The molecule has 0 N–H and O–H groups in total. The highest BCUT2D eigenvalue weighted by atomic mass is 35.5. The smallest absolute Gasteiger partial charge is 0.132 e. The fourth-order valence-corrected chi connectivity index (χ4v) is 3.27. The first-order valence-corrected chi connectivity index (χ1v) is 8.62. The lowest BCUT2D eigenvalue weighted by Gasteiger charge is -2.24. The minimum Gasteiger partial charge on any atom is -0.257 e. The van der Waals surface area contributed by atoms with Gasteiger partial charge in [-0.1, -0.05) is 41.9 Å². The summed E-state index contributed by atoms with van der Waals surface area (Å²) >= 11 is 5.99. The van der Waals surface area contributed by atoms with E-state index in [9.17, 15) is 8.78 Å². The van der Waals surface area contributed by atoms with E-state index in [1.807, 2.05) is 17.1 Å². The molecule has 4 rings (SSSR count). The van der Waals surface area contributed by atoms with Crippen molar-refractivity contribution in [2.24, 2.45) is 5.10 Å². The number of anilines is 1. The van der Waals surface area contributed by atoms with Crippen LogP contribution in [0.5, 0.6) is 0 Å². The standard InChI is InChI=1S/C21H15ClF2N2/c22-15-7-11-17(12-8-15)26-21(14-5-9-16(23)10-6-14)13-20(25-26)18-3-1-2-4-19(18)24/h1-12,21H,13H2. The van der Waals surface area contributed by atoms with Gasteiger partial charge in [0.1, 0.15) is 11.6 Å². The van der Waals surface area contributed by atoms with Gasteiger partial charge in [-0.15, -0.1) is 0 Å². The Kier molecular flexibility index (Phi) is 4.43. The van der Waals surface area contributed by atoms with Crippen LogP contribution in [0.25, 0.3) is 0 Å². The summed E-state index contributed by atoms with van der Waals surface area (Å²) in [5.41, 5.74) is 2.90. The van der Waals surface area contributed by atoms with Gasteiger partial charge in [0, 0.05) is 17.0 Å². The van der Waals surface area contributed by atoms with Crippen LogP contribution < -0.4 is 5.01 Å². The summed E-state index contributed by atoms with van der Waals surface area (Å²) in [6.07, 6.45) is 0.523. The zero-order valence-corrected chi connectivity index (χ0v) is 14.5. The molecule has 1 aliphatic heterocycles. The average molecular weight is 369 g/mol. The van der Waals surface area contributed by atoms with E-state index in [1.54, 1.807) is 42.5 Å². The number of rotatable bonds is 3. The Labute approximate surface area is 155 Å². The lowest BCUT2D eigenvalue weighted by Crippen LogP contribution is -2.18. The van der Waals surface area contributed by atoms with Crippen molar-refractivity contribution >= 4 is 23.0 Å². The Morgan fingerprint density at radius 2 is 1.58 bits per heavy atom. The van der Waals surface area contributed by atoms with Crippen molar-refractivity contribution < 1.29 is 8.78 Å². The predicted octanol–water partition coefficient (Wildman–Crippen LogP) is 5.97. The predicted molar refractivity (Wildman–Crippen MR) is 101 cm³/mol. The third kappa shape index (κ3) is 3.20. The van der Waals surface area contributed by atoms with Crippen molar-refractivity contribution in [1.29, 1.82) is 0 Å². The van der Waals surface area contributed by atoms with Gasteiger partial charge >= 0.3 is 0 Å². The lowest BCUT2D eigenvalue weighted by molar-refractivity contribution is 0.623. The fraction of sp³-hybridized carbons (Fsp3) is 0.0952. The van der Waals surface area contributed by atoms with E-state index in [0.717, 1.165) is 11.3 Å². The van der Waals surface area contributed by atoms with Crippen LogP contribution >= 0.6 is 11.6 Å². The summed E-state index contributed by atoms with van der Waals surface area (Å²) in [5.74, 6) is -0.595. The number of hydrogen-bond donors (Lipinski definition) is 0. The molecule has 3 aromatic rings. The first-order chi connectivity index (χ1) is 12.6. The van der Waals surface area contributed by atoms with Crippen molar-refractivity contribution in [3.05, 3.63) is 101 Å². The van der Waals surface area contributed by atoms with Crippen molar-refractivity contribution in [3.8, 4) is 0 Å². The second-order valence-corrected chi connectivity index (χ2v) is 6.56. The minimum atomic E-state index is -0.304. The molecule has 0 fully saturated rings. The van der Waals surface area contributed by atoms with Gasteiger partial charge in [-0.05, 0) is 48.0 Å². The Hall–Kier alpha value is -2.72. The molecule has 0 saturated carbocycles. The van der Waals surface area contributed by atoms with Gasteiger partial charge in [0.05, 0.1) is 17.4 Å². The zero-order chi connectivity index (χ0) is 18.1. The quantitative estimate of drug-likeness (QED) is 0.555. The van der Waals surface area contributed by atoms with Gasteiger partial charge in [0.25, 0.3) is 0 Å². The Bertz CT molecular complexity index is 953. The minimum absolute atomic E-state index is 0.147. The molecule has 5 heteroatoms. The van der Waals surface area contributed by atoms with Gasteiger partial charge in [0.15, 0.2) is 0 Å². The number of halogens is 3. The topological polar surface area (TPSA) is 15.6 Å². The molecule has 2 nitrogen and oxygen atoms in total. The summed E-state index contributed by atoms with van der Waals surface area (Å²) in [6.45, 7) is 0. The lowest BCUT2D eigenvalue weighted by atomic mass is 9.98. The molecule has 0 spiro atoms. The van der Waals surface area contributed by atoms with E-state index in [1.165, 1.54) is 18.2 Å². The molecule has 0 aliphatic carbocycles. The number of hydrogen-bond acceptors (Lipinski definition) is 2. The van der Waals surface area contributed by atoms with Crippen LogP contribution in [-0.4, -0.2) is 5.71 Å². The van der Waals surface area contributed by atoms with E-state index >= 15 is 0 Å². The SMILES string of the molecule is Fc1ccc(C2CC(c3ccccc3F)=NN2c2ccc(Cl)cc2)cc1. The summed E-state index contributed by atoms with van der Waals surface area (Å²) in [6, 6.07) is 20.1. The van der Waals surface area contributed by atoms with Gasteiger partial charge in [0.2, 0.25) is 0 Å². The molecule has 1 atom stereocenters. The molecule has 130 valence electrons. The van der Waals surface area contributed by atoms with Crippen molar-refractivity contribution in [2.45, 2.75) is 12.5 Å². The van der Waals surface area contributed by atoms with Crippen LogP contribution in [0.4, 0.5) is 14.5 Å². The number of benzene rings is 3. The maximum atomic E-state index is 14.2. The van der Waals surface area contributed by atoms with Crippen LogP contribution in [0.15, 0.2) is 77.9 Å². The third-order valence-electron chi connectivity index (χ3n) is 4.44. The molecule has 1 aliphatic rings. The molecular weight excluding hydrogens is 354 g/mol. The van der Waals surface area contributed by atoms with E-state index in [4.69, 9.17) is 11.6 Å². The molecular formula is C21H15ClF2N2. The van der Waals surface area contributed by atoms with Crippen LogP contribution in [0.2, 0.25) is 5.02 Å². The molecule has 0 radical (unpaired) electrons. The number of hydrazone groups is 1. The maximum absolute atomic E-state index is 14.2. The van der Waals surface area contributed by atoms with Crippen LogP contribution in [0, 0.1) is 11.6 Å². The highest BCUT2D eigenvalue weighted by Gasteiger charge is 2.30. The third-order valence-corrected chi connectivity index (χ3v) is 4.69. The van der Waals surface area contributed by atoms with E-state index in [0.29, 0.717) is 22.7 Å². The molecule has 0 amide bonds. The van der Waals surface area contributed by atoms with Gasteiger partial charge in [-0.2, -0.15) is 5.10 Å². The normalized spacial score (nSPS) is 16.7. The van der Waals surface area contributed by atoms with Gasteiger partial charge in [-0.3, -0.25) is 5.01 Å². The van der Waals surface area contributed by atoms with Gasteiger partial charge in [-0.25, -0.2) is 8.78 Å². The molecule has 0 bridgehead atoms. The van der Waals surface area contributed by atoms with Crippen LogP contribution in [0.3, 0.4) is 0 Å². The second kappa shape index (κ2) is 6.89. The number of nitrogens with zero attached hydrogens (tertiary/aromatic N) is 2. The summed E-state index contributed by atoms with van der Waals surface area (Å²) in [4.78, 5) is 0. The van der Waals surface area contributed by atoms with Crippen LogP contribution in [-0.2, 0) is 0 Å². The molecule has 3 aromatic carbocycles. The zero-order valence-electron chi connectivity index (χ0n) is 13.7. The van der Waals surface area contributed by atoms with Crippen molar-refractivity contribution in [2.75, 3.05) is 5.01 Å².